The number of anilines is 1. The Balaban J connectivity index is 1.41. The Morgan fingerprint density at radius 1 is 1.11 bits per heavy atom. The fraction of sp³-hybridized carbons (Fsp3) is 0.409. The lowest BCUT2D eigenvalue weighted by molar-refractivity contribution is 0.178. The van der Waals surface area contributed by atoms with Crippen molar-refractivity contribution >= 4 is 16.8 Å². The number of benzene rings is 2. The minimum Gasteiger partial charge on any atom is -0.497 e. The van der Waals surface area contributed by atoms with Gasteiger partial charge in [-0.15, -0.1) is 0 Å². The molecule has 148 valence electrons. The molecule has 1 unspecified atom stereocenters. The van der Waals surface area contributed by atoms with Crippen LogP contribution in [0, 0.1) is 5.82 Å². The van der Waals surface area contributed by atoms with Crippen LogP contribution < -0.4 is 9.64 Å². The van der Waals surface area contributed by atoms with Gasteiger partial charge >= 0.3 is 0 Å². The molecule has 0 saturated carbocycles. The number of ether oxygens (including phenoxy) is 1. The minimum absolute atomic E-state index is 0.178. The van der Waals surface area contributed by atoms with Gasteiger partial charge in [0.2, 0.25) is 0 Å². The summed E-state index contributed by atoms with van der Waals surface area (Å²) in [5, 5.41) is 5.32. The second kappa shape index (κ2) is 8.19. The Morgan fingerprint density at radius 3 is 2.54 bits per heavy atom. The SMILES string of the molecule is CCC(Cc1ccc(F)cc1)N1CCN(c2noc3cc(OC)ccc23)CC1. The Bertz CT molecular complexity index is 917. The van der Waals surface area contributed by atoms with Crippen LogP contribution in [-0.4, -0.2) is 49.4 Å². The van der Waals surface area contributed by atoms with Crippen LogP contribution in [-0.2, 0) is 6.42 Å². The molecular formula is C22H26FN3O2. The molecule has 0 N–H and O–H groups in total. The number of methoxy groups -OCH3 is 1. The van der Waals surface area contributed by atoms with Crippen molar-refractivity contribution in [2.45, 2.75) is 25.8 Å². The Morgan fingerprint density at radius 2 is 1.86 bits per heavy atom. The standard InChI is InChI=1S/C22H26FN3O2/c1-3-18(14-16-4-6-17(23)7-5-16)25-10-12-26(13-11-25)22-20-9-8-19(27-2)15-21(20)28-24-22/h4-9,15,18H,3,10-14H2,1-2H3. The Kier molecular flexibility index (Phi) is 5.48. The van der Waals surface area contributed by atoms with E-state index < -0.39 is 0 Å². The number of piperazine rings is 1. The monoisotopic (exact) mass is 383 g/mol. The fourth-order valence-electron chi connectivity index (χ4n) is 3.98. The van der Waals surface area contributed by atoms with Gasteiger partial charge in [0.05, 0.1) is 12.5 Å². The van der Waals surface area contributed by atoms with E-state index in [1.165, 1.54) is 5.56 Å². The van der Waals surface area contributed by atoms with Crippen LogP contribution in [0.5, 0.6) is 5.75 Å². The third kappa shape index (κ3) is 3.83. The van der Waals surface area contributed by atoms with Crippen LogP contribution in [0.4, 0.5) is 10.2 Å². The van der Waals surface area contributed by atoms with Crippen LogP contribution >= 0.6 is 0 Å². The molecule has 1 atom stereocenters. The molecule has 4 rings (SSSR count). The highest BCUT2D eigenvalue weighted by Gasteiger charge is 2.25. The second-order valence-electron chi connectivity index (χ2n) is 7.28. The molecule has 1 aliphatic rings. The first-order valence-corrected chi connectivity index (χ1v) is 9.84. The van der Waals surface area contributed by atoms with E-state index in [0.29, 0.717) is 6.04 Å². The number of halogens is 1. The van der Waals surface area contributed by atoms with Crippen molar-refractivity contribution in [3.8, 4) is 5.75 Å². The molecule has 1 aliphatic heterocycles. The van der Waals surface area contributed by atoms with Gasteiger partial charge < -0.3 is 14.2 Å². The predicted molar refractivity (Wildman–Crippen MR) is 109 cm³/mol. The summed E-state index contributed by atoms with van der Waals surface area (Å²) in [4.78, 5) is 4.82. The molecule has 3 aromatic rings. The van der Waals surface area contributed by atoms with Gasteiger partial charge in [0.15, 0.2) is 11.4 Å². The summed E-state index contributed by atoms with van der Waals surface area (Å²) in [5.41, 5.74) is 1.94. The Hall–Kier alpha value is -2.60. The summed E-state index contributed by atoms with van der Waals surface area (Å²) in [5.74, 6) is 1.50. The minimum atomic E-state index is -0.178. The molecule has 2 heterocycles. The van der Waals surface area contributed by atoms with Gasteiger partial charge in [-0.25, -0.2) is 4.39 Å². The van der Waals surface area contributed by atoms with E-state index in [2.05, 4.69) is 21.9 Å². The largest absolute Gasteiger partial charge is 0.497 e. The molecule has 1 aromatic heterocycles. The number of aromatic nitrogens is 1. The molecule has 0 amide bonds. The van der Waals surface area contributed by atoms with Gasteiger partial charge in [-0.05, 0) is 42.7 Å². The van der Waals surface area contributed by atoms with Crippen molar-refractivity contribution in [2.75, 3.05) is 38.2 Å². The third-order valence-electron chi connectivity index (χ3n) is 5.65. The average molecular weight is 383 g/mol. The molecule has 0 spiro atoms. The zero-order valence-corrected chi connectivity index (χ0v) is 16.4. The maximum atomic E-state index is 13.2. The summed E-state index contributed by atoms with van der Waals surface area (Å²) in [6.07, 6.45) is 2.02. The third-order valence-corrected chi connectivity index (χ3v) is 5.65. The van der Waals surface area contributed by atoms with Crippen molar-refractivity contribution in [3.63, 3.8) is 0 Å². The van der Waals surface area contributed by atoms with E-state index in [-0.39, 0.29) is 5.82 Å². The number of hydrogen-bond acceptors (Lipinski definition) is 5. The smallest absolute Gasteiger partial charge is 0.180 e. The van der Waals surface area contributed by atoms with E-state index in [1.54, 1.807) is 19.2 Å². The van der Waals surface area contributed by atoms with Crippen molar-refractivity contribution in [3.05, 3.63) is 53.8 Å². The normalized spacial score (nSPS) is 16.5. The molecule has 1 saturated heterocycles. The average Bonchev–Trinajstić information content (AvgIpc) is 3.16. The van der Waals surface area contributed by atoms with Gasteiger partial charge in [-0.2, -0.15) is 0 Å². The van der Waals surface area contributed by atoms with Crippen molar-refractivity contribution in [1.29, 1.82) is 0 Å². The summed E-state index contributed by atoms with van der Waals surface area (Å²) >= 11 is 0. The molecule has 5 nitrogen and oxygen atoms in total. The zero-order chi connectivity index (χ0) is 19.5. The van der Waals surface area contributed by atoms with E-state index in [1.807, 2.05) is 30.3 Å². The fourth-order valence-corrected chi connectivity index (χ4v) is 3.98. The van der Waals surface area contributed by atoms with Crippen molar-refractivity contribution in [2.24, 2.45) is 0 Å². The van der Waals surface area contributed by atoms with Gasteiger partial charge in [-0.1, -0.05) is 24.2 Å². The van der Waals surface area contributed by atoms with E-state index >= 15 is 0 Å². The second-order valence-corrected chi connectivity index (χ2v) is 7.28. The molecule has 0 bridgehead atoms. The van der Waals surface area contributed by atoms with Crippen LogP contribution in [0.3, 0.4) is 0 Å². The van der Waals surface area contributed by atoms with Crippen LogP contribution in [0.15, 0.2) is 47.0 Å². The van der Waals surface area contributed by atoms with Gasteiger partial charge in [0.25, 0.3) is 0 Å². The lowest BCUT2D eigenvalue weighted by Crippen LogP contribution is -2.51. The van der Waals surface area contributed by atoms with Gasteiger partial charge in [0, 0.05) is 38.3 Å². The maximum Gasteiger partial charge on any atom is 0.180 e. The summed E-state index contributed by atoms with van der Waals surface area (Å²) in [6.45, 7) is 5.99. The summed E-state index contributed by atoms with van der Waals surface area (Å²) in [6, 6.07) is 13.2. The lowest BCUT2D eigenvalue weighted by atomic mass is 10.0. The summed E-state index contributed by atoms with van der Waals surface area (Å²) < 4.78 is 23.9. The first kappa shape index (κ1) is 18.7. The topological polar surface area (TPSA) is 41.7 Å². The highest BCUT2D eigenvalue weighted by Crippen LogP contribution is 2.30. The molecule has 0 radical (unpaired) electrons. The molecular weight excluding hydrogens is 357 g/mol. The molecule has 2 aromatic carbocycles. The number of hydrogen-bond donors (Lipinski definition) is 0. The highest BCUT2D eigenvalue weighted by atomic mass is 19.1. The van der Waals surface area contributed by atoms with Gasteiger partial charge in [-0.3, -0.25) is 4.90 Å². The van der Waals surface area contributed by atoms with Crippen LogP contribution in [0.25, 0.3) is 11.0 Å². The molecule has 0 aliphatic carbocycles. The van der Waals surface area contributed by atoms with E-state index in [9.17, 15) is 4.39 Å². The molecule has 6 heteroatoms. The first-order valence-electron chi connectivity index (χ1n) is 9.84. The lowest BCUT2D eigenvalue weighted by Gasteiger charge is -2.39. The number of fused-ring (bicyclic) bond motifs is 1. The molecule has 28 heavy (non-hydrogen) atoms. The Labute approximate surface area is 164 Å². The number of nitrogens with zero attached hydrogens (tertiary/aromatic N) is 3. The van der Waals surface area contributed by atoms with E-state index in [4.69, 9.17) is 9.26 Å². The predicted octanol–water partition coefficient (Wildman–Crippen LogP) is 4.12. The molecule has 1 fully saturated rings. The van der Waals surface area contributed by atoms with Crippen molar-refractivity contribution in [1.82, 2.24) is 10.1 Å². The van der Waals surface area contributed by atoms with Gasteiger partial charge in [0.1, 0.15) is 11.6 Å². The van der Waals surface area contributed by atoms with E-state index in [0.717, 1.165) is 61.6 Å². The quantitative estimate of drug-likeness (QED) is 0.641. The highest BCUT2D eigenvalue weighted by molar-refractivity contribution is 5.89. The maximum absolute atomic E-state index is 13.2. The van der Waals surface area contributed by atoms with Crippen molar-refractivity contribution < 1.29 is 13.7 Å². The number of rotatable bonds is 6. The zero-order valence-electron chi connectivity index (χ0n) is 16.4. The summed E-state index contributed by atoms with van der Waals surface area (Å²) in [7, 11) is 1.65. The first-order chi connectivity index (χ1) is 13.7. The van der Waals surface area contributed by atoms with Crippen LogP contribution in [0.2, 0.25) is 0 Å². The van der Waals surface area contributed by atoms with Crippen LogP contribution in [0.1, 0.15) is 18.9 Å².